The first-order chi connectivity index (χ1) is 13.6. The molecule has 0 spiro atoms. The van der Waals surface area contributed by atoms with E-state index in [1.54, 1.807) is 30.5 Å². The maximum Gasteiger partial charge on any atom is 0.268 e. The van der Waals surface area contributed by atoms with E-state index in [4.69, 9.17) is 10.5 Å². The highest BCUT2D eigenvalue weighted by atomic mass is 32.2. The van der Waals surface area contributed by atoms with Crippen molar-refractivity contribution < 1.29 is 13.2 Å². The van der Waals surface area contributed by atoms with E-state index in [1.165, 1.54) is 35.4 Å². The number of ether oxygens (including phenoxy) is 1. The summed E-state index contributed by atoms with van der Waals surface area (Å²) in [6, 6.07) is 13.5. The molecule has 2 N–H and O–H groups in total. The maximum atomic E-state index is 13.0. The highest BCUT2D eigenvalue weighted by Crippen LogP contribution is 2.29. The van der Waals surface area contributed by atoms with Crippen molar-refractivity contribution in [3.05, 3.63) is 54.7 Å². The molecule has 1 saturated heterocycles. The van der Waals surface area contributed by atoms with Crippen LogP contribution in [-0.2, 0) is 10.0 Å². The summed E-state index contributed by atoms with van der Waals surface area (Å²) in [5.41, 5.74) is 6.81. The Labute approximate surface area is 165 Å². The van der Waals surface area contributed by atoms with Crippen LogP contribution in [-0.4, -0.2) is 43.5 Å². The molecule has 6 nitrogen and oxygen atoms in total. The number of likely N-dealkylation sites (tertiary alicyclic amines) is 1. The Bertz CT molecular complexity index is 1050. The van der Waals surface area contributed by atoms with Gasteiger partial charge in [0.2, 0.25) is 0 Å². The van der Waals surface area contributed by atoms with Crippen LogP contribution in [0.15, 0.2) is 59.6 Å². The van der Waals surface area contributed by atoms with Crippen molar-refractivity contribution in [1.82, 2.24) is 8.87 Å². The lowest BCUT2D eigenvalue weighted by Gasteiger charge is -2.26. The number of benzene rings is 2. The van der Waals surface area contributed by atoms with Crippen LogP contribution in [0.4, 0.5) is 5.69 Å². The Morgan fingerprint density at radius 1 is 0.964 bits per heavy atom. The number of hydrogen-bond donors (Lipinski definition) is 1. The Morgan fingerprint density at radius 2 is 1.71 bits per heavy atom. The summed E-state index contributed by atoms with van der Waals surface area (Å²) in [5.74, 6) is 0.709. The molecule has 1 aliphatic heterocycles. The Kier molecular flexibility index (Phi) is 5.28. The molecule has 1 aromatic heterocycles. The lowest BCUT2D eigenvalue weighted by Crippen LogP contribution is -2.33. The minimum absolute atomic E-state index is 0.204. The molecule has 0 amide bonds. The summed E-state index contributed by atoms with van der Waals surface area (Å²) in [4.78, 5) is 2.62. The second kappa shape index (κ2) is 7.85. The predicted molar refractivity (Wildman–Crippen MR) is 111 cm³/mol. The highest BCUT2D eigenvalue weighted by molar-refractivity contribution is 7.90. The number of nitrogens with two attached hydrogens (primary N) is 1. The lowest BCUT2D eigenvalue weighted by molar-refractivity contribution is 0.184. The second-order valence-corrected chi connectivity index (χ2v) is 8.94. The molecule has 0 unspecified atom stereocenters. The van der Waals surface area contributed by atoms with Gasteiger partial charge in [-0.05, 0) is 68.4 Å². The molecule has 1 fully saturated rings. The van der Waals surface area contributed by atoms with Gasteiger partial charge in [0.15, 0.2) is 0 Å². The fraction of sp³-hybridized carbons (Fsp3) is 0.333. The van der Waals surface area contributed by atoms with Gasteiger partial charge in [-0.15, -0.1) is 0 Å². The van der Waals surface area contributed by atoms with Gasteiger partial charge in [-0.25, -0.2) is 12.4 Å². The molecule has 148 valence electrons. The van der Waals surface area contributed by atoms with Gasteiger partial charge in [-0.1, -0.05) is 12.5 Å². The van der Waals surface area contributed by atoms with Crippen LogP contribution in [0.3, 0.4) is 0 Å². The van der Waals surface area contributed by atoms with Gasteiger partial charge in [0, 0.05) is 23.8 Å². The number of nitrogen functional groups attached to an aromatic ring is 1. The normalized spacial score (nSPS) is 15.7. The fourth-order valence-corrected chi connectivity index (χ4v) is 5.02. The number of piperidine rings is 1. The maximum absolute atomic E-state index is 13.0. The number of rotatable bonds is 6. The molecule has 0 saturated carbocycles. The minimum atomic E-state index is -3.70. The summed E-state index contributed by atoms with van der Waals surface area (Å²) in [5, 5.41) is 0.792. The predicted octanol–water partition coefficient (Wildman–Crippen LogP) is 3.33. The number of aromatic nitrogens is 1. The van der Waals surface area contributed by atoms with E-state index >= 15 is 0 Å². The average molecular weight is 400 g/mol. The first kappa shape index (κ1) is 18.8. The van der Waals surface area contributed by atoms with Crippen molar-refractivity contribution >= 4 is 26.6 Å². The second-order valence-electron chi connectivity index (χ2n) is 7.13. The van der Waals surface area contributed by atoms with Crippen molar-refractivity contribution in [2.75, 3.05) is 32.0 Å². The quantitative estimate of drug-likeness (QED) is 0.644. The van der Waals surface area contributed by atoms with Crippen LogP contribution in [0, 0.1) is 0 Å². The van der Waals surface area contributed by atoms with Crippen LogP contribution in [0.5, 0.6) is 5.75 Å². The third-order valence-electron chi connectivity index (χ3n) is 5.21. The largest absolute Gasteiger partial charge is 0.492 e. The first-order valence-corrected chi connectivity index (χ1v) is 11.1. The average Bonchev–Trinajstić information content (AvgIpc) is 3.15. The van der Waals surface area contributed by atoms with Crippen molar-refractivity contribution in [3.63, 3.8) is 0 Å². The number of anilines is 1. The van der Waals surface area contributed by atoms with Crippen LogP contribution in [0.1, 0.15) is 19.3 Å². The third-order valence-corrected chi connectivity index (χ3v) is 6.91. The number of nitrogens with zero attached hydrogens (tertiary/aromatic N) is 2. The summed E-state index contributed by atoms with van der Waals surface area (Å²) < 4.78 is 33.4. The standard InChI is InChI=1S/C21H25N3O3S/c22-17-7-9-18(10-8-17)28(25,26)24-14-11-19-20(24)5-4-6-21(19)27-16-15-23-12-2-1-3-13-23/h4-11,14H,1-3,12-13,15-16,22H2. The first-order valence-electron chi connectivity index (χ1n) is 9.62. The van der Waals surface area contributed by atoms with E-state index in [2.05, 4.69) is 4.90 Å². The van der Waals surface area contributed by atoms with Crippen LogP contribution in [0.2, 0.25) is 0 Å². The molecule has 3 aromatic rings. The van der Waals surface area contributed by atoms with Crippen molar-refractivity contribution in [1.29, 1.82) is 0 Å². The molecule has 2 heterocycles. The monoisotopic (exact) mass is 399 g/mol. The number of fused-ring (bicyclic) bond motifs is 1. The molecule has 1 aliphatic rings. The molecule has 28 heavy (non-hydrogen) atoms. The summed E-state index contributed by atoms with van der Waals surface area (Å²) in [6.45, 7) is 3.74. The zero-order chi connectivity index (χ0) is 19.6. The van der Waals surface area contributed by atoms with Gasteiger partial charge in [-0.3, -0.25) is 4.90 Å². The molecule has 4 rings (SSSR count). The zero-order valence-electron chi connectivity index (χ0n) is 15.8. The summed E-state index contributed by atoms with van der Waals surface area (Å²) in [7, 11) is -3.70. The summed E-state index contributed by atoms with van der Waals surface area (Å²) in [6.07, 6.45) is 5.39. The minimum Gasteiger partial charge on any atom is -0.492 e. The lowest BCUT2D eigenvalue weighted by atomic mass is 10.1. The molecule has 0 aliphatic carbocycles. The van der Waals surface area contributed by atoms with Crippen molar-refractivity contribution in [2.24, 2.45) is 0 Å². The van der Waals surface area contributed by atoms with E-state index < -0.39 is 10.0 Å². The van der Waals surface area contributed by atoms with Gasteiger partial charge in [-0.2, -0.15) is 0 Å². The summed E-state index contributed by atoms with van der Waals surface area (Å²) >= 11 is 0. The van der Waals surface area contributed by atoms with E-state index in [0.717, 1.165) is 25.0 Å². The van der Waals surface area contributed by atoms with Gasteiger partial charge in [0.05, 0.1) is 10.4 Å². The molecule has 2 aromatic carbocycles. The van der Waals surface area contributed by atoms with Gasteiger partial charge < -0.3 is 10.5 Å². The molecular weight excluding hydrogens is 374 g/mol. The molecule has 0 bridgehead atoms. The number of hydrogen-bond acceptors (Lipinski definition) is 5. The van der Waals surface area contributed by atoms with Crippen LogP contribution >= 0.6 is 0 Å². The van der Waals surface area contributed by atoms with Crippen LogP contribution < -0.4 is 10.5 Å². The fourth-order valence-electron chi connectivity index (χ4n) is 3.67. The van der Waals surface area contributed by atoms with E-state index in [0.29, 0.717) is 23.6 Å². The van der Waals surface area contributed by atoms with Gasteiger partial charge in [0.1, 0.15) is 12.4 Å². The SMILES string of the molecule is Nc1ccc(S(=O)(=O)n2ccc3c(OCCN4CCCCC4)cccc32)cc1. The van der Waals surface area contributed by atoms with Crippen molar-refractivity contribution in [3.8, 4) is 5.75 Å². The van der Waals surface area contributed by atoms with E-state index in [9.17, 15) is 8.42 Å². The van der Waals surface area contributed by atoms with Crippen LogP contribution in [0.25, 0.3) is 10.9 Å². The molecule has 7 heteroatoms. The molecular formula is C21H25N3O3S. The van der Waals surface area contributed by atoms with E-state index in [-0.39, 0.29) is 4.90 Å². The van der Waals surface area contributed by atoms with Gasteiger partial charge >= 0.3 is 0 Å². The third kappa shape index (κ3) is 3.72. The zero-order valence-corrected chi connectivity index (χ0v) is 16.6. The Balaban J connectivity index is 1.57. The smallest absolute Gasteiger partial charge is 0.268 e. The Hall–Kier alpha value is -2.51. The Morgan fingerprint density at radius 3 is 2.46 bits per heavy atom. The topological polar surface area (TPSA) is 77.6 Å². The van der Waals surface area contributed by atoms with Gasteiger partial charge in [0.25, 0.3) is 10.0 Å². The van der Waals surface area contributed by atoms with Crippen molar-refractivity contribution in [2.45, 2.75) is 24.2 Å². The molecule has 0 radical (unpaired) electrons. The highest BCUT2D eigenvalue weighted by Gasteiger charge is 2.20. The van der Waals surface area contributed by atoms with E-state index in [1.807, 2.05) is 12.1 Å². The molecule has 0 atom stereocenters.